The summed E-state index contributed by atoms with van der Waals surface area (Å²) in [6.07, 6.45) is 1.45. The fourth-order valence-electron chi connectivity index (χ4n) is 3.82. The van der Waals surface area contributed by atoms with Crippen LogP contribution in [0.1, 0.15) is 25.7 Å². The van der Waals surface area contributed by atoms with E-state index in [1.807, 2.05) is 71.4 Å². The van der Waals surface area contributed by atoms with Gasteiger partial charge in [-0.05, 0) is 29.8 Å². The van der Waals surface area contributed by atoms with Gasteiger partial charge in [0.25, 0.3) is 0 Å². The number of thiophene rings is 2. The number of ether oxygens (including phenoxy) is 2. The Morgan fingerprint density at radius 3 is 1.77 bits per heavy atom. The van der Waals surface area contributed by atoms with Gasteiger partial charge in [0.1, 0.15) is 6.29 Å². The van der Waals surface area contributed by atoms with Gasteiger partial charge < -0.3 is 20.5 Å². The summed E-state index contributed by atoms with van der Waals surface area (Å²) in [6.45, 7) is 0.756. The predicted octanol–water partition coefficient (Wildman–Crippen LogP) is 7.87. The SMILES string of the molecule is COC(=O)Cc1ccc(-c2csc(N)n2)s1.COC(=O)Cc1ccc(-c2csc(NCc3ccccc3)n2)s1.O=Cc1ccccc1. The van der Waals surface area contributed by atoms with Crippen LogP contribution in [-0.2, 0) is 38.4 Å². The topological polar surface area (TPSA) is 134 Å². The van der Waals surface area contributed by atoms with Gasteiger partial charge in [-0.15, -0.1) is 45.3 Å². The number of carbonyl (C=O) groups excluding carboxylic acids is 3. The molecule has 0 atom stereocenters. The van der Waals surface area contributed by atoms with E-state index in [1.54, 1.807) is 34.8 Å². The average Bonchev–Trinajstić information content (AvgIpc) is 3.93. The molecule has 13 heteroatoms. The summed E-state index contributed by atoms with van der Waals surface area (Å²) in [5.41, 5.74) is 9.32. The summed E-state index contributed by atoms with van der Waals surface area (Å²) >= 11 is 6.10. The summed E-state index contributed by atoms with van der Waals surface area (Å²) in [5.74, 6) is -0.451. The number of aldehydes is 1. The Morgan fingerprint density at radius 2 is 1.28 bits per heavy atom. The normalized spacial score (nSPS) is 10.1. The molecule has 0 aliphatic carbocycles. The van der Waals surface area contributed by atoms with E-state index in [2.05, 4.69) is 32.2 Å². The molecule has 4 aromatic heterocycles. The number of rotatable bonds is 10. The second-order valence-electron chi connectivity index (χ2n) is 9.51. The molecule has 6 aromatic rings. The zero-order valence-electron chi connectivity index (χ0n) is 25.6. The van der Waals surface area contributed by atoms with Crippen LogP contribution in [0.3, 0.4) is 0 Å². The molecule has 9 nitrogen and oxygen atoms in total. The molecule has 0 aliphatic rings. The van der Waals surface area contributed by atoms with Gasteiger partial charge in [-0.25, -0.2) is 9.97 Å². The molecule has 0 spiro atoms. The first-order valence-electron chi connectivity index (χ1n) is 14.1. The quantitative estimate of drug-likeness (QED) is 0.108. The van der Waals surface area contributed by atoms with E-state index in [-0.39, 0.29) is 11.9 Å². The number of hydrogen-bond acceptors (Lipinski definition) is 13. The highest BCUT2D eigenvalue weighted by atomic mass is 32.1. The number of benzene rings is 2. The van der Waals surface area contributed by atoms with Gasteiger partial charge in [0.2, 0.25) is 0 Å². The number of nitrogens with zero attached hydrogens (tertiary/aromatic N) is 2. The van der Waals surface area contributed by atoms with E-state index in [0.717, 1.165) is 54.4 Å². The van der Waals surface area contributed by atoms with Gasteiger partial charge in [0, 0.05) is 32.6 Å². The first-order valence-corrected chi connectivity index (χ1v) is 17.5. The Morgan fingerprint density at radius 1 is 0.745 bits per heavy atom. The highest BCUT2D eigenvalue weighted by Gasteiger charge is 2.11. The van der Waals surface area contributed by atoms with Crippen molar-refractivity contribution in [1.82, 2.24) is 9.97 Å². The summed E-state index contributed by atoms with van der Waals surface area (Å²) in [6, 6.07) is 27.1. The van der Waals surface area contributed by atoms with Crippen LogP contribution < -0.4 is 11.1 Å². The van der Waals surface area contributed by atoms with Gasteiger partial charge in [-0.2, -0.15) is 0 Å². The third kappa shape index (κ3) is 11.6. The highest BCUT2D eigenvalue weighted by Crippen LogP contribution is 2.32. The first-order chi connectivity index (χ1) is 22.9. The predicted molar refractivity (Wildman–Crippen MR) is 192 cm³/mol. The molecular formula is C34H32N4O5S4. The number of esters is 2. The first kappa shape index (κ1) is 35.2. The zero-order chi connectivity index (χ0) is 33.4. The lowest BCUT2D eigenvalue weighted by molar-refractivity contribution is -0.140. The molecule has 0 amide bonds. The van der Waals surface area contributed by atoms with Gasteiger partial charge in [0.05, 0.1) is 48.2 Å². The van der Waals surface area contributed by atoms with Gasteiger partial charge in [-0.3, -0.25) is 14.4 Å². The van der Waals surface area contributed by atoms with Crippen molar-refractivity contribution < 1.29 is 23.9 Å². The van der Waals surface area contributed by atoms with Crippen molar-refractivity contribution in [3.05, 3.63) is 117 Å². The number of anilines is 2. The molecule has 242 valence electrons. The standard InChI is InChI=1S/C17H16N2O2S2.C10H10N2O2S2.C7H6O/c1-21-16(20)9-13-7-8-15(23-13)14-11-22-17(19-14)18-10-12-5-3-2-4-6-12;1-14-9(13)4-6-2-3-8(16-6)7-5-15-10(11)12-7;8-6-7-4-2-1-3-5-7/h2-8,11H,9-10H2,1H3,(H,18,19);2-3,5H,4H2,1H3,(H2,11,12);1-6H. The summed E-state index contributed by atoms with van der Waals surface area (Å²) in [5, 5.41) is 8.72. The number of carbonyl (C=O) groups is 3. The van der Waals surface area contributed by atoms with Gasteiger partial charge >= 0.3 is 11.9 Å². The molecule has 4 heterocycles. The Kier molecular flexibility index (Phi) is 13.8. The molecule has 0 fully saturated rings. The Hall–Kier alpha value is -4.69. The molecule has 0 radical (unpaired) electrons. The highest BCUT2D eigenvalue weighted by molar-refractivity contribution is 7.17. The smallest absolute Gasteiger partial charge is 0.310 e. The fraction of sp³-hybridized carbons (Fsp3) is 0.147. The van der Waals surface area contributed by atoms with Crippen LogP contribution in [0.25, 0.3) is 21.1 Å². The van der Waals surface area contributed by atoms with Gasteiger partial charge in [0.15, 0.2) is 10.3 Å². The van der Waals surface area contributed by atoms with Crippen molar-refractivity contribution in [2.45, 2.75) is 19.4 Å². The third-order valence-electron chi connectivity index (χ3n) is 6.17. The van der Waals surface area contributed by atoms with Crippen LogP contribution in [0.15, 0.2) is 95.7 Å². The molecular weight excluding hydrogens is 673 g/mol. The van der Waals surface area contributed by atoms with Crippen LogP contribution >= 0.6 is 45.3 Å². The molecule has 3 N–H and O–H groups in total. The van der Waals surface area contributed by atoms with E-state index in [1.165, 1.54) is 42.5 Å². The average molecular weight is 705 g/mol. The second-order valence-corrected chi connectivity index (χ2v) is 13.6. The second kappa shape index (κ2) is 18.5. The van der Waals surface area contributed by atoms with E-state index in [9.17, 15) is 14.4 Å². The van der Waals surface area contributed by atoms with E-state index in [0.29, 0.717) is 18.0 Å². The molecule has 0 bridgehead atoms. The summed E-state index contributed by atoms with van der Waals surface area (Å²) in [4.78, 5) is 45.2. The molecule has 47 heavy (non-hydrogen) atoms. The molecule has 2 aromatic carbocycles. The Labute approximate surface area is 288 Å². The monoisotopic (exact) mass is 704 g/mol. The van der Waals surface area contributed by atoms with Crippen LogP contribution in [0, 0.1) is 0 Å². The van der Waals surface area contributed by atoms with E-state index < -0.39 is 0 Å². The van der Waals surface area contributed by atoms with Crippen LogP contribution in [0.4, 0.5) is 10.3 Å². The van der Waals surface area contributed by atoms with Crippen molar-refractivity contribution in [2.24, 2.45) is 0 Å². The van der Waals surface area contributed by atoms with Crippen molar-refractivity contribution in [3.63, 3.8) is 0 Å². The maximum atomic E-state index is 11.3. The molecule has 6 rings (SSSR count). The van der Waals surface area contributed by atoms with Crippen molar-refractivity contribution in [1.29, 1.82) is 0 Å². The molecule has 0 unspecified atom stereocenters. The van der Waals surface area contributed by atoms with Crippen LogP contribution in [-0.4, -0.2) is 42.4 Å². The summed E-state index contributed by atoms with van der Waals surface area (Å²) < 4.78 is 9.30. The number of aromatic nitrogens is 2. The van der Waals surface area contributed by atoms with Gasteiger partial charge in [-0.1, -0.05) is 60.7 Å². The lowest BCUT2D eigenvalue weighted by Crippen LogP contribution is -2.02. The number of methoxy groups -OCH3 is 2. The minimum atomic E-state index is -0.230. The number of nitrogens with one attached hydrogen (secondary N) is 1. The van der Waals surface area contributed by atoms with Crippen molar-refractivity contribution in [3.8, 4) is 21.1 Å². The molecule has 0 saturated carbocycles. The Balaban J connectivity index is 0.000000180. The number of nitrogen functional groups attached to an aromatic ring is 1. The minimum Gasteiger partial charge on any atom is -0.469 e. The van der Waals surface area contributed by atoms with Crippen LogP contribution in [0.2, 0.25) is 0 Å². The fourth-order valence-corrected chi connectivity index (χ4v) is 7.15. The molecule has 0 aliphatic heterocycles. The van der Waals surface area contributed by atoms with Crippen LogP contribution in [0.5, 0.6) is 0 Å². The number of hydrogen-bond donors (Lipinski definition) is 2. The Bertz CT molecular complexity index is 1850. The zero-order valence-corrected chi connectivity index (χ0v) is 28.8. The maximum absolute atomic E-state index is 11.3. The largest absolute Gasteiger partial charge is 0.469 e. The van der Waals surface area contributed by atoms with Crippen molar-refractivity contribution in [2.75, 3.05) is 25.3 Å². The summed E-state index contributed by atoms with van der Waals surface area (Å²) in [7, 11) is 2.79. The van der Waals surface area contributed by atoms with E-state index in [4.69, 9.17) is 10.5 Å². The lowest BCUT2D eigenvalue weighted by atomic mass is 10.2. The minimum absolute atomic E-state index is 0.220. The lowest BCUT2D eigenvalue weighted by Gasteiger charge is -2.01. The number of nitrogens with two attached hydrogens (primary N) is 1. The molecule has 0 saturated heterocycles. The van der Waals surface area contributed by atoms with Crippen molar-refractivity contribution >= 4 is 73.8 Å². The maximum Gasteiger partial charge on any atom is 0.310 e. The van der Waals surface area contributed by atoms with E-state index >= 15 is 0 Å². The third-order valence-corrected chi connectivity index (χ3v) is 9.86. The number of thiazole rings is 2.